The number of nitrogens with one attached hydrogen (secondary N) is 1. The third kappa shape index (κ3) is 2.63. The molecule has 2 aliphatic rings. The zero-order chi connectivity index (χ0) is 13.1. The standard InChI is InChI=1S/C12H18N2O4/c15-10-4-6-14(7-5-13-10)11(16)8-2-1-3-9(8)12(17)18/h8-9H,1-7H2,(H,13,15)(H,17,18). The lowest BCUT2D eigenvalue weighted by Gasteiger charge is -2.25. The summed E-state index contributed by atoms with van der Waals surface area (Å²) in [5.41, 5.74) is 0. The van der Waals surface area contributed by atoms with E-state index in [1.165, 1.54) is 0 Å². The highest BCUT2D eigenvalue weighted by Gasteiger charge is 2.39. The van der Waals surface area contributed by atoms with Gasteiger partial charge in [-0.1, -0.05) is 6.42 Å². The maximum Gasteiger partial charge on any atom is 0.307 e. The Hall–Kier alpha value is -1.59. The van der Waals surface area contributed by atoms with Crippen LogP contribution >= 0.6 is 0 Å². The molecule has 100 valence electrons. The van der Waals surface area contributed by atoms with Crippen LogP contribution in [0.3, 0.4) is 0 Å². The van der Waals surface area contributed by atoms with Gasteiger partial charge in [-0.15, -0.1) is 0 Å². The van der Waals surface area contributed by atoms with Crippen LogP contribution in [0.5, 0.6) is 0 Å². The van der Waals surface area contributed by atoms with E-state index in [4.69, 9.17) is 5.11 Å². The lowest BCUT2D eigenvalue weighted by molar-refractivity contribution is -0.149. The van der Waals surface area contributed by atoms with E-state index in [1.807, 2.05) is 0 Å². The topological polar surface area (TPSA) is 86.7 Å². The Morgan fingerprint density at radius 3 is 2.67 bits per heavy atom. The first-order valence-corrected chi connectivity index (χ1v) is 6.38. The van der Waals surface area contributed by atoms with Crippen molar-refractivity contribution in [3.8, 4) is 0 Å². The van der Waals surface area contributed by atoms with E-state index < -0.39 is 17.8 Å². The van der Waals surface area contributed by atoms with Gasteiger partial charge in [-0.2, -0.15) is 0 Å². The Balaban J connectivity index is 2.01. The first-order valence-electron chi connectivity index (χ1n) is 6.38. The summed E-state index contributed by atoms with van der Waals surface area (Å²) in [6.45, 7) is 1.33. The van der Waals surface area contributed by atoms with Crippen molar-refractivity contribution in [2.24, 2.45) is 11.8 Å². The molecular formula is C12H18N2O4. The predicted molar refractivity (Wildman–Crippen MR) is 62.7 cm³/mol. The number of hydrogen-bond acceptors (Lipinski definition) is 3. The molecule has 0 aromatic carbocycles. The Bertz CT molecular complexity index is 369. The van der Waals surface area contributed by atoms with Crippen molar-refractivity contribution in [3.63, 3.8) is 0 Å². The fourth-order valence-electron chi connectivity index (χ4n) is 2.77. The molecule has 2 N–H and O–H groups in total. The Labute approximate surface area is 105 Å². The molecule has 2 rings (SSSR count). The first kappa shape index (κ1) is 12.9. The van der Waals surface area contributed by atoms with E-state index in [9.17, 15) is 14.4 Å². The molecule has 6 nitrogen and oxygen atoms in total. The van der Waals surface area contributed by atoms with Crippen molar-refractivity contribution in [2.45, 2.75) is 25.7 Å². The molecule has 0 aromatic rings. The van der Waals surface area contributed by atoms with Crippen molar-refractivity contribution < 1.29 is 19.5 Å². The average molecular weight is 254 g/mol. The minimum absolute atomic E-state index is 0.0495. The Kier molecular flexibility index (Phi) is 3.84. The Morgan fingerprint density at radius 1 is 1.22 bits per heavy atom. The monoisotopic (exact) mass is 254 g/mol. The molecule has 0 bridgehead atoms. The van der Waals surface area contributed by atoms with Crippen molar-refractivity contribution in [2.75, 3.05) is 19.6 Å². The van der Waals surface area contributed by atoms with Crippen LogP contribution in [-0.4, -0.2) is 47.4 Å². The quantitative estimate of drug-likeness (QED) is 0.716. The van der Waals surface area contributed by atoms with Gasteiger partial charge in [0, 0.05) is 26.1 Å². The molecule has 18 heavy (non-hydrogen) atoms. The fourth-order valence-corrected chi connectivity index (χ4v) is 2.77. The van der Waals surface area contributed by atoms with E-state index in [0.29, 0.717) is 38.9 Å². The van der Waals surface area contributed by atoms with Gasteiger partial charge in [0.25, 0.3) is 0 Å². The summed E-state index contributed by atoms with van der Waals surface area (Å²) in [4.78, 5) is 36.2. The van der Waals surface area contributed by atoms with Gasteiger partial charge in [0.15, 0.2) is 0 Å². The molecule has 1 heterocycles. The van der Waals surface area contributed by atoms with Gasteiger partial charge in [-0.3, -0.25) is 14.4 Å². The van der Waals surface area contributed by atoms with Crippen LogP contribution < -0.4 is 5.32 Å². The van der Waals surface area contributed by atoms with Gasteiger partial charge in [-0.05, 0) is 12.8 Å². The Morgan fingerprint density at radius 2 is 1.94 bits per heavy atom. The number of carbonyl (C=O) groups is 3. The molecule has 1 aliphatic carbocycles. The van der Waals surface area contributed by atoms with Crippen LogP contribution in [0.15, 0.2) is 0 Å². The van der Waals surface area contributed by atoms with Crippen molar-refractivity contribution in [1.82, 2.24) is 10.2 Å². The highest BCUT2D eigenvalue weighted by molar-refractivity contribution is 5.86. The van der Waals surface area contributed by atoms with Gasteiger partial charge in [0.1, 0.15) is 0 Å². The summed E-state index contributed by atoms with van der Waals surface area (Å²) in [6.07, 6.45) is 2.32. The van der Waals surface area contributed by atoms with Crippen LogP contribution in [0.25, 0.3) is 0 Å². The minimum Gasteiger partial charge on any atom is -0.481 e. The molecular weight excluding hydrogens is 236 g/mol. The molecule has 2 amide bonds. The van der Waals surface area contributed by atoms with E-state index >= 15 is 0 Å². The van der Waals surface area contributed by atoms with Crippen molar-refractivity contribution in [3.05, 3.63) is 0 Å². The minimum atomic E-state index is -0.880. The maximum absolute atomic E-state index is 12.3. The summed E-state index contributed by atoms with van der Waals surface area (Å²) < 4.78 is 0. The second-order valence-electron chi connectivity index (χ2n) is 4.91. The fraction of sp³-hybridized carbons (Fsp3) is 0.750. The largest absolute Gasteiger partial charge is 0.481 e. The summed E-state index contributed by atoms with van der Waals surface area (Å²) in [6, 6.07) is 0. The molecule has 1 aliphatic heterocycles. The summed E-state index contributed by atoms with van der Waals surface area (Å²) in [7, 11) is 0. The highest BCUT2D eigenvalue weighted by Crippen LogP contribution is 2.33. The van der Waals surface area contributed by atoms with Gasteiger partial charge in [0.2, 0.25) is 11.8 Å². The smallest absolute Gasteiger partial charge is 0.307 e. The van der Waals surface area contributed by atoms with Crippen molar-refractivity contribution in [1.29, 1.82) is 0 Å². The number of amides is 2. The number of carbonyl (C=O) groups excluding carboxylic acids is 2. The van der Waals surface area contributed by atoms with E-state index in [0.717, 1.165) is 6.42 Å². The molecule has 0 spiro atoms. The number of carboxylic acid groups (broad SMARTS) is 1. The molecule has 2 unspecified atom stereocenters. The predicted octanol–water partition coefficient (Wildman–Crippen LogP) is -0.164. The zero-order valence-electron chi connectivity index (χ0n) is 10.2. The van der Waals surface area contributed by atoms with Crippen LogP contribution in [0.2, 0.25) is 0 Å². The van der Waals surface area contributed by atoms with Crippen molar-refractivity contribution >= 4 is 17.8 Å². The van der Waals surface area contributed by atoms with Crippen LogP contribution in [-0.2, 0) is 14.4 Å². The van der Waals surface area contributed by atoms with E-state index in [1.54, 1.807) is 4.90 Å². The normalized spacial score (nSPS) is 28.7. The summed E-state index contributed by atoms with van der Waals surface area (Å²) >= 11 is 0. The summed E-state index contributed by atoms with van der Waals surface area (Å²) in [5, 5.41) is 11.8. The average Bonchev–Trinajstić information content (AvgIpc) is 2.72. The SMILES string of the molecule is O=C1CCN(C(=O)C2CCCC2C(=O)O)CCN1. The highest BCUT2D eigenvalue weighted by atomic mass is 16.4. The molecule has 1 saturated carbocycles. The second-order valence-corrected chi connectivity index (χ2v) is 4.91. The molecule has 1 saturated heterocycles. The number of nitrogens with zero attached hydrogens (tertiary/aromatic N) is 1. The molecule has 2 atom stereocenters. The number of rotatable bonds is 2. The lowest BCUT2D eigenvalue weighted by Crippen LogP contribution is -2.41. The van der Waals surface area contributed by atoms with Gasteiger partial charge in [-0.25, -0.2) is 0 Å². The summed E-state index contributed by atoms with van der Waals surface area (Å²) in [5.74, 6) is -1.99. The van der Waals surface area contributed by atoms with Gasteiger partial charge < -0.3 is 15.3 Å². The van der Waals surface area contributed by atoms with Gasteiger partial charge >= 0.3 is 5.97 Å². The molecule has 2 fully saturated rings. The zero-order valence-corrected chi connectivity index (χ0v) is 10.2. The number of hydrogen-bond donors (Lipinski definition) is 2. The van der Waals surface area contributed by atoms with Crippen LogP contribution in [0.1, 0.15) is 25.7 Å². The second kappa shape index (κ2) is 5.37. The third-order valence-corrected chi connectivity index (χ3v) is 3.77. The third-order valence-electron chi connectivity index (χ3n) is 3.77. The number of carboxylic acids is 1. The lowest BCUT2D eigenvalue weighted by atomic mass is 9.94. The van der Waals surface area contributed by atoms with Crippen LogP contribution in [0.4, 0.5) is 0 Å². The van der Waals surface area contributed by atoms with E-state index in [-0.39, 0.29) is 11.8 Å². The molecule has 0 aromatic heterocycles. The molecule has 6 heteroatoms. The number of aliphatic carboxylic acids is 1. The molecule has 0 radical (unpaired) electrons. The van der Waals surface area contributed by atoms with E-state index in [2.05, 4.69) is 5.32 Å². The van der Waals surface area contributed by atoms with Gasteiger partial charge in [0.05, 0.1) is 11.8 Å². The first-order chi connectivity index (χ1) is 8.59. The maximum atomic E-state index is 12.3. The van der Waals surface area contributed by atoms with Crippen LogP contribution in [0, 0.1) is 11.8 Å².